The van der Waals surface area contributed by atoms with Crippen molar-refractivity contribution in [1.82, 2.24) is 9.80 Å². The molecule has 0 spiro atoms. The molecule has 4 nitrogen and oxygen atoms in total. The van der Waals surface area contributed by atoms with Crippen LogP contribution in [0, 0.1) is 5.82 Å². The minimum atomic E-state index is -0.227. The molecule has 0 unspecified atom stereocenters. The van der Waals surface area contributed by atoms with Crippen LogP contribution in [0.15, 0.2) is 48.5 Å². The van der Waals surface area contributed by atoms with E-state index in [1.54, 1.807) is 24.3 Å². The molecular weight excluding hydrogens is 367 g/mol. The Morgan fingerprint density at radius 2 is 1.89 bits per heavy atom. The first-order valence-electron chi connectivity index (χ1n) is 9.08. The third-order valence-corrected chi connectivity index (χ3v) is 5.13. The lowest BCUT2D eigenvalue weighted by atomic mass is 10.1. The molecule has 1 aliphatic rings. The molecule has 1 aliphatic heterocycles. The minimum Gasteiger partial charge on any atom is -0.484 e. The maximum atomic E-state index is 13.1. The van der Waals surface area contributed by atoms with Gasteiger partial charge in [0.1, 0.15) is 11.6 Å². The van der Waals surface area contributed by atoms with Crippen LogP contribution in [0.5, 0.6) is 5.75 Å². The summed E-state index contributed by atoms with van der Waals surface area (Å²) >= 11 is 5.94. The summed E-state index contributed by atoms with van der Waals surface area (Å²) < 4.78 is 18.7. The molecule has 6 heteroatoms. The number of rotatable bonds is 5. The summed E-state index contributed by atoms with van der Waals surface area (Å²) in [6, 6.07) is 13.9. The third-order valence-electron chi connectivity index (χ3n) is 4.89. The Bertz CT molecular complexity index is 784. The minimum absolute atomic E-state index is 0.00460. The highest BCUT2D eigenvalue weighted by Crippen LogP contribution is 2.20. The fraction of sp³-hybridized carbons (Fsp3) is 0.381. The van der Waals surface area contributed by atoms with Gasteiger partial charge in [0.2, 0.25) is 0 Å². The van der Waals surface area contributed by atoms with Crippen LogP contribution < -0.4 is 4.74 Å². The molecule has 2 aromatic rings. The van der Waals surface area contributed by atoms with Crippen LogP contribution in [0.4, 0.5) is 4.39 Å². The highest BCUT2D eigenvalue weighted by atomic mass is 35.5. The zero-order valence-corrected chi connectivity index (χ0v) is 16.3. The molecule has 0 bridgehead atoms. The van der Waals surface area contributed by atoms with Crippen LogP contribution in [0.3, 0.4) is 0 Å². The van der Waals surface area contributed by atoms with Crippen molar-refractivity contribution in [3.63, 3.8) is 0 Å². The van der Waals surface area contributed by atoms with E-state index in [-0.39, 0.29) is 30.4 Å². The number of ether oxygens (including phenoxy) is 1. The monoisotopic (exact) mass is 390 g/mol. The molecular formula is C21H24ClFN2O2. The van der Waals surface area contributed by atoms with Crippen LogP contribution in [0.1, 0.15) is 19.4 Å². The maximum Gasteiger partial charge on any atom is 0.260 e. The van der Waals surface area contributed by atoms with Crippen molar-refractivity contribution in [2.24, 2.45) is 0 Å². The van der Waals surface area contributed by atoms with E-state index >= 15 is 0 Å². The topological polar surface area (TPSA) is 32.8 Å². The summed E-state index contributed by atoms with van der Waals surface area (Å²) in [7, 11) is 0. The molecule has 27 heavy (non-hydrogen) atoms. The second-order valence-corrected chi connectivity index (χ2v) is 7.48. The number of nitrogens with zero attached hydrogens (tertiary/aromatic N) is 2. The van der Waals surface area contributed by atoms with E-state index in [1.165, 1.54) is 12.1 Å². The smallest absolute Gasteiger partial charge is 0.260 e. The number of carbonyl (C=O) groups excluding carboxylic acids is 1. The number of benzene rings is 2. The summed E-state index contributed by atoms with van der Waals surface area (Å²) in [4.78, 5) is 16.8. The van der Waals surface area contributed by atoms with E-state index in [0.717, 1.165) is 18.7 Å². The third kappa shape index (κ3) is 5.21. The van der Waals surface area contributed by atoms with Gasteiger partial charge < -0.3 is 9.64 Å². The normalized spacial score (nSPS) is 20.5. The summed E-state index contributed by atoms with van der Waals surface area (Å²) in [6.45, 7) is 6.29. The Morgan fingerprint density at radius 1 is 1.15 bits per heavy atom. The van der Waals surface area contributed by atoms with Crippen LogP contribution >= 0.6 is 11.6 Å². The first kappa shape index (κ1) is 19.6. The van der Waals surface area contributed by atoms with E-state index in [1.807, 2.05) is 24.0 Å². The molecule has 0 aromatic heterocycles. The van der Waals surface area contributed by atoms with Gasteiger partial charge in [-0.3, -0.25) is 9.69 Å². The molecule has 1 heterocycles. The molecule has 0 saturated carbocycles. The Balaban J connectivity index is 1.55. The Morgan fingerprint density at radius 3 is 2.59 bits per heavy atom. The van der Waals surface area contributed by atoms with E-state index in [9.17, 15) is 9.18 Å². The van der Waals surface area contributed by atoms with E-state index in [0.29, 0.717) is 17.3 Å². The molecule has 2 aromatic carbocycles. The van der Waals surface area contributed by atoms with Crippen molar-refractivity contribution in [2.45, 2.75) is 32.5 Å². The van der Waals surface area contributed by atoms with Crippen molar-refractivity contribution in [1.29, 1.82) is 0 Å². The molecule has 2 atom stereocenters. The maximum absolute atomic E-state index is 13.1. The van der Waals surface area contributed by atoms with Gasteiger partial charge in [-0.05, 0) is 49.7 Å². The van der Waals surface area contributed by atoms with Gasteiger partial charge in [0.05, 0.1) is 0 Å². The highest BCUT2D eigenvalue weighted by molar-refractivity contribution is 6.30. The number of hydrogen-bond acceptors (Lipinski definition) is 3. The lowest BCUT2D eigenvalue weighted by molar-refractivity contribution is -0.139. The van der Waals surface area contributed by atoms with Crippen LogP contribution in [-0.2, 0) is 11.3 Å². The highest BCUT2D eigenvalue weighted by Gasteiger charge is 2.32. The SMILES string of the molecule is C[C@@H]1CN(Cc2ccc(F)cc2)[C@@H](C)CN1C(=O)COc1cccc(Cl)c1. The Hall–Kier alpha value is -2.11. The molecule has 3 rings (SSSR count). The Labute approximate surface area is 164 Å². The molecule has 1 saturated heterocycles. The molecule has 144 valence electrons. The first-order chi connectivity index (χ1) is 12.9. The van der Waals surface area contributed by atoms with Gasteiger partial charge in [0.15, 0.2) is 6.61 Å². The number of hydrogen-bond donors (Lipinski definition) is 0. The summed E-state index contributed by atoms with van der Waals surface area (Å²) in [5.74, 6) is 0.331. The fourth-order valence-corrected chi connectivity index (χ4v) is 3.56. The van der Waals surface area contributed by atoms with Crippen molar-refractivity contribution in [3.05, 3.63) is 64.9 Å². The van der Waals surface area contributed by atoms with Gasteiger partial charge >= 0.3 is 0 Å². The van der Waals surface area contributed by atoms with Gasteiger partial charge in [-0.25, -0.2) is 4.39 Å². The zero-order valence-electron chi connectivity index (χ0n) is 15.6. The zero-order chi connectivity index (χ0) is 19.4. The lowest BCUT2D eigenvalue weighted by Crippen LogP contribution is -2.58. The van der Waals surface area contributed by atoms with Gasteiger partial charge in [-0.1, -0.05) is 29.8 Å². The Kier molecular flexibility index (Phi) is 6.34. The van der Waals surface area contributed by atoms with Crippen LogP contribution in [0.2, 0.25) is 5.02 Å². The van der Waals surface area contributed by atoms with Crippen molar-refractivity contribution < 1.29 is 13.9 Å². The first-order valence-corrected chi connectivity index (χ1v) is 9.46. The number of carbonyl (C=O) groups is 1. The van der Waals surface area contributed by atoms with Gasteiger partial charge in [-0.2, -0.15) is 0 Å². The van der Waals surface area contributed by atoms with E-state index in [4.69, 9.17) is 16.3 Å². The van der Waals surface area contributed by atoms with E-state index < -0.39 is 0 Å². The number of amides is 1. The predicted octanol–water partition coefficient (Wildman–Crippen LogP) is 3.98. The van der Waals surface area contributed by atoms with Gasteiger partial charge in [0, 0.05) is 36.7 Å². The second-order valence-electron chi connectivity index (χ2n) is 7.05. The summed E-state index contributed by atoms with van der Waals surface area (Å²) in [5.41, 5.74) is 1.07. The van der Waals surface area contributed by atoms with Crippen LogP contribution in [0.25, 0.3) is 0 Å². The molecule has 1 fully saturated rings. The van der Waals surface area contributed by atoms with Crippen molar-refractivity contribution >= 4 is 17.5 Å². The summed E-state index contributed by atoms with van der Waals surface area (Å²) in [6.07, 6.45) is 0. The molecule has 0 aliphatic carbocycles. The van der Waals surface area contributed by atoms with Crippen molar-refractivity contribution in [2.75, 3.05) is 19.7 Å². The van der Waals surface area contributed by atoms with Crippen LogP contribution in [-0.4, -0.2) is 47.5 Å². The molecule has 1 amide bonds. The number of halogens is 2. The van der Waals surface area contributed by atoms with Gasteiger partial charge in [0.25, 0.3) is 5.91 Å². The van der Waals surface area contributed by atoms with E-state index in [2.05, 4.69) is 11.8 Å². The largest absolute Gasteiger partial charge is 0.484 e. The fourth-order valence-electron chi connectivity index (χ4n) is 3.38. The van der Waals surface area contributed by atoms with Gasteiger partial charge in [-0.15, -0.1) is 0 Å². The average Bonchev–Trinajstić information content (AvgIpc) is 2.64. The number of piperazine rings is 1. The second kappa shape index (κ2) is 8.72. The lowest BCUT2D eigenvalue weighted by Gasteiger charge is -2.44. The molecule has 0 radical (unpaired) electrons. The summed E-state index contributed by atoms with van der Waals surface area (Å²) in [5, 5.41) is 0.580. The quantitative estimate of drug-likeness (QED) is 0.774. The van der Waals surface area contributed by atoms with Crippen molar-refractivity contribution in [3.8, 4) is 5.75 Å². The molecule has 0 N–H and O–H groups in total. The standard InChI is InChI=1S/C21H24ClFN2O2/c1-15-12-25(21(26)14-27-20-5-3-4-18(22)10-20)16(2)11-24(15)13-17-6-8-19(23)9-7-17/h3-10,15-16H,11-14H2,1-2H3/t15-,16+/m0/s1. The average molecular weight is 391 g/mol. The predicted molar refractivity (Wildman–Crippen MR) is 104 cm³/mol.